The molecule has 8 heteroatoms. The van der Waals surface area contributed by atoms with Gasteiger partial charge < -0.3 is 4.74 Å². The van der Waals surface area contributed by atoms with Gasteiger partial charge in [-0.1, -0.05) is 12.1 Å². The number of nitrogens with two attached hydrogens (primary N) is 1. The molecule has 0 spiro atoms. The van der Waals surface area contributed by atoms with Crippen molar-refractivity contribution in [3.63, 3.8) is 0 Å². The van der Waals surface area contributed by atoms with Crippen LogP contribution in [0.15, 0.2) is 30.6 Å². The molecule has 2 heterocycles. The van der Waals surface area contributed by atoms with Crippen molar-refractivity contribution in [1.82, 2.24) is 24.5 Å². The Morgan fingerprint density at radius 3 is 2.84 bits per heavy atom. The third-order valence-electron chi connectivity index (χ3n) is 2.58. The molecule has 0 unspecified atom stereocenters. The molecule has 0 amide bonds. The van der Waals surface area contributed by atoms with Crippen LogP contribution in [0.1, 0.15) is 0 Å². The number of hydrazine groups is 1. The maximum Gasteiger partial charge on any atom is 0.322 e. The molecule has 3 N–H and O–H groups in total. The van der Waals surface area contributed by atoms with Gasteiger partial charge in [0, 0.05) is 0 Å². The highest BCUT2D eigenvalue weighted by molar-refractivity contribution is 5.76. The predicted molar refractivity (Wildman–Crippen MR) is 68.8 cm³/mol. The topological polar surface area (TPSA) is 104 Å². The van der Waals surface area contributed by atoms with Gasteiger partial charge in [0.1, 0.15) is 6.33 Å². The third kappa shape index (κ3) is 1.93. The van der Waals surface area contributed by atoms with Gasteiger partial charge in [-0.15, -0.1) is 0 Å². The van der Waals surface area contributed by atoms with Crippen molar-refractivity contribution < 1.29 is 4.74 Å². The monoisotopic (exact) mass is 257 g/mol. The van der Waals surface area contributed by atoms with E-state index in [0.29, 0.717) is 5.95 Å². The van der Waals surface area contributed by atoms with Crippen molar-refractivity contribution in [2.24, 2.45) is 5.84 Å². The second-order valence-corrected chi connectivity index (χ2v) is 3.69. The van der Waals surface area contributed by atoms with Crippen molar-refractivity contribution in [1.29, 1.82) is 0 Å². The first kappa shape index (κ1) is 11.4. The molecule has 19 heavy (non-hydrogen) atoms. The zero-order chi connectivity index (χ0) is 13.2. The van der Waals surface area contributed by atoms with Gasteiger partial charge in [0.25, 0.3) is 0 Å². The van der Waals surface area contributed by atoms with Crippen LogP contribution < -0.4 is 16.0 Å². The molecule has 2 aromatic heterocycles. The van der Waals surface area contributed by atoms with E-state index in [4.69, 9.17) is 10.6 Å². The standard InChI is InChI=1S/C11H11N7O/c1-19-11-15-9(17-12)14-10(16-11)18-6-13-7-4-2-3-5-8(7)18/h2-6H,12H2,1H3,(H,14,15,16,17). The van der Waals surface area contributed by atoms with Crippen LogP contribution in [0.2, 0.25) is 0 Å². The molecular formula is C11H11N7O. The SMILES string of the molecule is COc1nc(NN)nc(-n2cnc3ccccc32)n1. The second-order valence-electron chi connectivity index (χ2n) is 3.69. The highest BCUT2D eigenvalue weighted by Crippen LogP contribution is 2.17. The maximum atomic E-state index is 5.33. The van der Waals surface area contributed by atoms with Crippen molar-refractivity contribution in [3.8, 4) is 12.0 Å². The molecule has 0 radical (unpaired) electrons. The first-order valence-electron chi connectivity index (χ1n) is 5.51. The van der Waals surface area contributed by atoms with Gasteiger partial charge in [-0.25, -0.2) is 10.8 Å². The predicted octanol–water partition coefficient (Wildman–Crippen LogP) is 0.505. The molecule has 3 aromatic rings. The highest BCUT2D eigenvalue weighted by Gasteiger charge is 2.10. The van der Waals surface area contributed by atoms with Gasteiger partial charge in [-0.3, -0.25) is 9.99 Å². The Bertz CT molecular complexity index is 702. The van der Waals surface area contributed by atoms with Crippen LogP contribution in [0.3, 0.4) is 0 Å². The molecular weight excluding hydrogens is 246 g/mol. The molecule has 3 rings (SSSR count). The number of imidazole rings is 1. The number of fused-ring (bicyclic) bond motifs is 1. The number of nitrogens with zero attached hydrogens (tertiary/aromatic N) is 5. The summed E-state index contributed by atoms with van der Waals surface area (Å²) in [5.41, 5.74) is 4.11. The molecule has 0 aliphatic rings. The Morgan fingerprint density at radius 2 is 2.05 bits per heavy atom. The van der Waals surface area contributed by atoms with Gasteiger partial charge in [-0.2, -0.15) is 15.0 Å². The molecule has 96 valence electrons. The molecule has 0 saturated carbocycles. The quantitative estimate of drug-likeness (QED) is 0.520. The summed E-state index contributed by atoms with van der Waals surface area (Å²) >= 11 is 0. The van der Waals surface area contributed by atoms with E-state index in [1.54, 1.807) is 10.9 Å². The number of hydrogen-bond donors (Lipinski definition) is 2. The number of aromatic nitrogens is 5. The lowest BCUT2D eigenvalue weighted by Gasteiger charge is -2.06. The Labute approximate surface area is 108 Å². The summed E-state index contributed by atoms with van der Waals surface area (Å²) in [4.78, 5) is 16.6. The molecule has 0 bridgehead atoms. The summed E-state index contributed by atoms with van der Waals surface area (Å²) in [6.45, 7) is 0. The summed E-state index contributed by atoms with van der Waals surface area (Å²) < 4.78 is 6.75. The lowest BCUT2D eigenvalue weighted by atomic mass is 10.3. The van der Waals surface area contributed by atoms with Crippen LogP contribution in [0.25, 0.3) is 17.0 Å². The Kier molecular flexibility index (Phi) is 2.69. The fourth-order valence-electron chi connectivity index (χ4n) is 1.73. The summed E-state index contributed by atoms with van der Waals surface area (Å²) in [6.07, 6.45) is 1.64. The van der Waals surface area contributed by atoms with Crippen LogP contribution in [0, 0.1) is 0 Å². The molecule has 0 aliphatic heterocycles. The lowest BCUT2D eigenvalue weighted by Crippen LogP contribution is -2.14. The molecule has 1 aromatic carbocycles. The largest absolute Gasteiger partial charge is 0.467 e. The van der Waals surface area contributed by atoms with Crippen LogP contribution in [0.5, 0.6) is 6.01 Å². The van der Waals surface area contributed by atoms with Crippen LogP contribution in [-0.4, -0.2) is 31.6 Å². The first-order chi connectivity index (χ1) is 9.31. The molecule has 0 aliphatic carbocycles. The molecule has 0 fully saturated rings. The van der Waals surface area contributed by atoms with E-state index in [0.717, 1.165) is 11.0 Å². The van der Waals surface area contributed by atoms with E-state index in [2.05, 4.69) is 25.4 Å². The van der Waals surface area contributed by atoms with E-state index >= 15 is 0 Å². The van der Waals surface area contributed by atoms with Crippen molar-refractivity contribution in [2.45, 2.75) is 0 Å². The summed E-state index contributed by atoms with van der Waals surface area (Å²) in [7, 11) is 1.48. The minimum atomic E-state index is 0.177. The number of ether oxygens (including phenoxy) is 1. The van der Waals surface area contributed by atoms with Gasteiger partial charge in [0.15, 0.2) is 0 Å². The number of para-hydroxylation sites is 2. The fraction of sp³-hybridized carbons (Fsp3) is 0.0909. The van der Waals surface area contributed by atoms with Crippen LogP contribution in [0.4, 0.5) is 5.95 Å². The lowest BCUT2D eigenvalue weighted by molar-refractivity contribution is 0.378. The number of nitrogens with one attached hydrogen (secondary N) is 1. The number of anilines is 1. The maximum absolute atomic E-state index is 5.33. The zero-order valence-corrected chi connectivity index (χ0v) is 10.1. The average Bonchev–Trinajstić information content (AvgIpc) is 2.90. The number of hydrogen-bond acceptors (Lipinski definition) is 7. The zero-order valence-electron chi connectivity index (χ0n) is 10.1. The van der Waals surface area contributed by atoms with E-state index in [9.17, 15) is 0 Å². The Morgan fingerprint density at radius 1 is 1.21 bits per heavy atom. The molecule has 0 saturated heterocycles. The first-order valence-corrected chi connectivity index (χ1v) is 5.51. The third-order valence-corrected chi connectivity index (χ3v) is 2.58. The minimum absolute atomic E-state index is 0.177. The molecule has 8 nitrogen and oxygen atoms in total. The van der Waals surface area contributed by atoms with E-state index in [1.165, 1.54) is 7.11 Å². The second kappa shape index (κ2) is 4.50. The van der Waals surface area contributed by atoms with Gasteiger partial charge in [0.05, 0.1) is 18.1 Å². The van der Waals surface area contributed by atoms with E-state index in [-0.39, 0.29) is 12.0 Å². The van der Waals surface area contributed by atoms with Crippen LogP contribution >= 0.6 is 0 Å². The average molecular weight is 257 g/mol. The van der Waals surface area contributed by atoms with E-state index in [1.807, 2.05) is 24.3 Å². The summed E-state index contributed by atoms with van der Waals surface area (Å²) in [5, 5.41) is 0. The van der Waals surface area contributed by atoms with E-state index < -0.39 is 0 Å². The number of benzene rings is 1. The summed E-state index contributed by atoms with van der Waals surface area (Å²) in [6, 6.07) is 7.85. The van der Waals surface area contributed by atoms with Gasteiger partial charge in [-0.05, 0) is 12.1 Å². The number of methoxy groups -OCH3 is 1. The smallest absolute Gasteiger partial charge is 0.322 e. The van der Waals surface area contributed by atoms with Crippen molar-refractivity contribution in [3.05, 3.63) is 30.6 Å². The Hall–Kier alpha value is -2.74. The Balaban J connectivity index is 2.20. The van der Waals surface area contributed by atoms with Crippen LogP contribution in [-0.2, 0) is 0 Å². The number of rotatable bonds is 3. The summed E-state index contributed by atoms with van der Waals surface area (Å²) in [5.74, 6) is 5.93. The van der Waals surface area contributed by atoms with Gasteiger partial charge >= 0.3 is 6.01 Å². The minimum Gasteiger partial charge on any atom is -0.467 e. The fourth-order valence-corrected chi connectivity index (χ4v) is 1.73. The van der Waals surface area contributed by atoms with Crippen molar-refractivity contribution in [2.75, 3.05) is 12.5 Å². The van der Waals surface area contributed by atoms with Gasteiger partial charge in [0.2, 0.25) is 11.9 Å². The molecule has 0 atom stereocenters. The normalized spacial score (nSPS) is 10.6. The number of nitrogen functional groups attached to an aromatic ring is 1. The highest BCUT2D eigenvalue weighted by atomic mass is 16.5. The van der Waals surface area contributed by atoms with Crippen molar-refractivity contribution >= 4 is 17.0 Å².